The second-order valence-electron chi connectivity index (χ2n) is 5.61. The zero-order valence-corrected chi connectivity index (χ0v) is 15.0. The SMILES string of the molecule is COC(=O)c1ccc(-n2ccnc2)cc1NS(=O)(=O)c1ccc(C)cc1. The van der Waals surface area contributed by atoms with E-state index in [2.05, 4.69) is 9.71 Å². The van der Waals surface area contributed by atoms with E-state index in [9.17, 15) is 13.2 Å². The fraction of sp³-hybridized carbons (Fsp3) is 0.111. The van der Waals surface area contributed by atoms with Crippen molar-refractivity contribution in [2.45, 2.75) is 11.8 Å². The number of carbonyl (C=O) groups is 1. The number of hydrogen-bond acceptors (Lipinski definition) is 5. The third-order valence-corrected chi connectivity index (χ3v) is 5.17. The molecule has 0 saturated heterocycles. The van der Waals surface area contributed by atoms with Gasteiger partial charge >= 0.3 is 5.97 Å². The zero-order valence-electron chi connectivity index (χ0n) is 14.2. The second-order valence-corrected chi connectivity index (χ2v) is 7.29. The molecule has 0 atom stereocenters. The number of aromatic nitrogens is 2. The smallest absolute Gasteiger partial charge is 0.339 e. The first kappa shape index (κ1) is 17.7. The largest absolute Gasteiger partial charge is 0.465 e. The molecule has 7 nitrogen and oxygen atoms in total. The number of rotatable bonds is 5. The van der Waals surface area contributed by atoms with Gasteiger partial charge in [-0.25, -0.2) is 18.2 Å². The molecule has 0 amide bonds. The number of methoxy groups -OCH3 is 1. The van der Waals surface area contributed by atoms with Gasteiger partial charge in [0.25, 0.3) is 10.0 Å². The molecule has 1 aromatic heterocycles. The summed E-state index contributed by atoms with van der Waals surface area (Å²) in [5, 5.41) is 0. The Labute approximate surface area is 151 Å². The molecule has 0 aliphatic carbocycles. The maximum Gasteiger partial charge on any atom is 0.339 e. The van der Waals surface area contributed by atoms with Gasteiger partial charge in [0, 0.05) is 18.1 Å². The number of sulfonamides is 1. The second kappa shape index (κ2) is 7.01. The summed E-state index contributed by atoms with van der Waals surface area (Å²) in [6.07, 6.45) is 4.89. The average Bonchev–Trinajstić information content (AvgIpc) is 3.16. The average molecular weight is 371 g/mol. The van der Waals surface area contributed by atoms with E-state index in [1.165, 1.54) is 25.3 Å². The summed E-state index contributed by atoms with van der Waals surface area (Å²) in [5.41, 5.74) is 1.84. The summed E-state index contributed by atoms with van der Waals surface area (Å²) < 4.78 is 34.3. The van der Waals surface area contributed by atoms with Crippen LogP contribution < -0.4 is 4.72 Å². The number of esters is 1. The molecular formula is C18H17N3O4S. The van der Waals surface area contributed by atoms with Gasteiger partial charge in [-0.05, 0) is 37.3 Å². The third kappa shape index (κ3) is 3.60. The minimum Gasteiger partial charge on any atom is -0.465 e. The highest BCUT2D eigenvalue weighted by Crippen LogP contribution is 2.24. The summed E-state index contributed by atoms with van der Waals surface area (Å²) in [6, 6.07) is 11.2. The monoisotopic (exact) mass is 371 g/mol. The Morgan fingerprint density at radius 3 is 2.50 bits per heavy atom. The quantitative estimate of drug-likeness (QED) is 0.697. The maximum absolute atomic E-state index is 12.7. The molecule has 0 unspecified atom stereocenters. The van der Waals surface area contributed by atoms with Gasteiger partial charge in [0.1, 0.15) is 0 Å². The Hall–Kier alpha value is -3.13. The van der Waals surface area contributed by atoms with Crippen molar-refractivity contribution in [2.24, 2.45) is 0 Å². The van der Waals surface area contributed by atoms with Crippen molar-refractivity contribution in [2.75, 3.05) is 11.8 Å². The van der Waals surface area contributed by atoms with E-state index < -0.39 is 16.0 Å². The van der Waals surface area contributed by atoms with Crippen LogP contribution in [0.5, 0.6) is 0 Å². The van der Waals surface area contributed by atoms with Gasteiger partial charge in [-0.1, -0.05) is 17.7 Å². The van der Waals surface area contributed by atoms with Crippen molar-refractivity contribution in [3.63, 3.8) is 0 Å². The van der Waals surface area contributed by atoms with Crippen LogP contribution in [-0.4, -0.2) is 31.0 Å². The lowest BCUT2D eigenvalue weighted by atomic mass is 10.1. The summed E-state index contributed by atoms with van der Waals surface area (Å²) in [6.45, 7) is 1.87. The molecule has 8 heteroatoms. The van der Waals surface area contributed by atoms with Gasteiger partial charge < -0.3 is 9.30 Å². The molecule has 0 radical (unpaired) electrons. The lowest BCUT2D eigenvalue weighted by Gasteiger charge is -2.14. The number of ether oxygens (including phenoxy) is 1. The zero-order chi connectivity index (χ0) is 18.7. The molecule has 1 N–H and O–H groups in total. The first-order valence-electron chi connectivity index (χ1n) is 7.71. The van der Waals surface area contributed by atoms with Crippen molar-refractivity contribution in [3.05, 3.63) is 72.3 Å². The normalized spacial score (nSPS) is 11.2. The Morgan fingerprint density at radius 2 is 1.88 bits per heavy atom. The molecule has 0 aliphatic rings. The van der Waals surface area contributed by atoms with Gasteiger partial charge in [-0.3, -0.25) is 4.72 Å². The first-order valence-corrected chi connectivity index (χ1v) is 9.19. The van der Waals surface area contributed by atoms with E-state index in [4.69, 9.17) is 4.74 Å². The van der Waals surface area contributed by atoms with Crippen LogP contribution in [0.4, 0.5) is 5.69 Å². The van der Waals surface area contributed by atoms with Crippen molar-refractivity contribution >= 4 is 21.7 Å². The van der Waals surface area contributed by atoms with Crippen LogP contribution in [0.1, 0.15) is 15.9 Å². The molecule has 0 aliphatic heterocycles. The Kier molecular flexibility index (Phi) is 4.77. The fourth-order valence-electron chi connectivity index (χ4n) is 2.40. The molecule has 3 aromatic rings. The van der Waals surface area contributed by atoms with Gasteiger partial charge in [0.2, 0.25) is 0 Å². The third-order valence-electron chi connectivity index (χ3n) is 3.79. The van der Waals surface area contributed by atoms with E-state index >= 15 is 0 Å². The van der Waals surface area contributed by atoms with E-state index in [1.807, 2.05) is 6.92 Å². The number of anilines is 1. The summed E-state index contributed by atoms with van der Waals surface area (Å²) in [5.74, 6) is -0.635. The van der Waals surface area contributed by atoms with Crippen molar-refractivity contribution in [1.29, 1.82) is 0 Å². The fourth-order valence-corrected chi connectivity index (χ4v) is 3.47. The van der Waals surface area contributed by atoms with Crippen LogP contribution in [-0.2, 0) is 14.8 Å². The van der Waals surface area contributed by atoms with Crippen LogP contribution in [0.25, 0.3) is 5.69 Å². The molecule has 26 heavy (non-hydrogen) atoms. The highest BCUT2D eigenvalue weighted by molar-refractivity contribution is 7.92. The van der Waals surface area contributed by atoms with Crippen LogP contribution in [0.15, 0.2) is 66.1 Å². The Morgan fingerprint density at radius 1 is 1.15 bits per heavy atom. The lowest BCUT2D eigenvalue weighted by Crippen LogP contribution is -2.16. The van der Waals surface area contributed by atoms with Gasteiger partial charge in [0.05, 0.1) is 29.6 Å². The van der Waals surface area contributed by atoms with Crippen LogP contribution in [0.2, 0.25) is 0 Å². The summed E-state index contributed by atoms with van der Waals surface area (Å²) >= 11 is 0. The first-order chi connectivity index (χ1) is 12.4. The van der Waals surface area contributed by atoms with Gasteiger partial charge in [-0.2, -0.15) is 0 Å². The number of aryl methyl sites for hydroxylation is 1. The van der Waals surface area contributed by atoms with Crippen molar-refractivity contribution < 1.29 is 17.9 Å². The van der Waals surface area contributed by atoms with E-state index in [1.54, 1.807) is 47.6 Å². The van der Waals surface area contributed by atoms with Crippen molar-refractivity contribution in [1.82, 2.24) is 9.55 Å². The van der Waals surface area contributed by atoms with Crippen LogP contribution in [0.3, 0.4) is 0 Å². The molecule has 0 spiro atoms. The molecule has 0 bridgehead atoms. The maximum atomic E-state index is 12.7. The number of nitrogens with one attached hydrogen (secondary N) is 1. The van der Waals surface area contributed by atoms with Gasteiger partial charge in [-0.15, -0.1) is 0 Å². The number of imidazole rings is 1. The number of nitrogens with zero attached hydrogens (tertiary/aromatic N) is 2. The molecule has 134 valence electrons. The van der Waals surface area contributed by atoms with Crippen molar-refractivity contribution in [3.8, 4) is 5.69 Å². The standard InChI is InChI=1S/C18H17N3O4S/c1-13-3-6-15(7-4-13)26(23,24)20-17-11-14(21-10-9-19-12-21)5-8-16(17)18(22)25-2/h3-12,20H,1-2H3. The molecule has 0 fully saturated rings. The highest BCUT2D eigenvalue weighted by atomic mass is 32.2. The summed E-state index contributed by atoms with van der Waals surface area (Å²) in [4.78, 5) is 16.1. The predicted octanol–water partition coefficient (Wildman–Crippen LogP) is 2.77. The van der Waals surface area contributed by atoms with Crippen LogP contribution in [0, 0.1) is 6.92 Å². The predicted molar refractivity (Wildman–Crippen MR) is 96.9 cm³/mol. The van der Waals surface area contributed by atoms with E-state index in [0.717, 1.165) is 5.56 Å². The Balaban J connectivity index is 2.05. The molecule has 2 aromatic carbocycles. The van der Waals surface area contributed by atoms with Crippen LogP contribution >= 0.6 is 0 Å². The topological polar surface area (TPSA) is 90.3 Å². The minimum atomic E-state index is -3.86. The molecule has 3 rings (SSSR count). The van der Waals surface area contributed by atoms with E-state index in [0.29, 0.717) is 5.69 Å². The van der Waals surface area contributed by atoms with Gasteiger partial charge in [0.15, 0.2) is 0 Å². The van der Waals surface area contributed by atoms with E-state index in [-0.39, 0.29) is 16.1 Å². The highest BCUT2D eigenvalue weighted by Gasteiger charge is 2.20. The summed E-state index contributed by atoms with van der Waals surface area (Å²) in [7, 11) is -2.62. The molecule has 0 saturated carbocycles. The number of carbonyl (C=O) groups excluding carboxylic acids is 1. The molecule has 1 heterocycles. The lowest BCUT2D eigenvalue weighted by molar-refractivity contribution is 0.0602. The number of benzene rings is 2. The molecular weight excluding hydrogens is 354 g/mol. The number of hydrogen-bond donors (Lipinski definition) is 1. The Bertz CT molecular complexity index is 1030. The minimum absolute atomic E-state index is 0.104.